The second-order valence-corrected chi connectivity index (χ2v) is 14.4. The Morgan fingerprint density at radius 3 is 0.604 bits per heavy atom. The second-order valence-electron chi connectivity index (χ2n) is 14.4. The van der Waals surface area contributed by atoms with Gasteiger partial charge in [-0.05, 0) is 26.7 Å². The molecule has 0 aromatic heterocycles. The molecule has 0 spiro atoms. The Labute approximate surface area is 302 Å². The highest BCUT2D eigenvalue weighted by molar-refractivity contribution is 5.69. The Morgan fingerprint density at radius 1 is 0.271 bits per heavy atom. The maximum atomic E-state index is 11.2. The molecule has 48 heavy (non-hydrogen) atoms. The van der Waals surface area contributed by atoms with Gasteiger partial charge in [-0.15, -0.1) is 0 Å². The highest BCUT2D eigenvalue weighted by Crippen LogP contribution is 2.16. The third kappa shape index (κ3) is 47.1. The molecular formula is C44H88O4. The van der Waals surface area contributed by atoms with E-state index in [1.807, 2.05) is 13.8 Å². The molecular weight excluding hydrogens is 592 g/mol. The zero-order valence-corrected chi connectivity index (χ0v) is 33.5. The van der Waals surface area contributed by atoms with E-state index in [0.29, 0.717) is 26.1 Å². The van der Waals surface area contributed by atoms with Gasteiger partial charge in [-0.1, -0.05) is 219 Å². The summed E-state index contributed by atoms with van der Waals surface area (Å²) in [6.45, 7) is 9.32. The first-order chi connectivity index (χ1) is 23.6. The van der Waals surface area contributed by atoms with Crippen molar-refractivity contribution in [3.63, 3.8) is 0 Å². The van der Waals surface area contributed by atoms with Crippen LogP contribution in [0, 0.1) is 0 Å². The molecule has 0 aliphatic carbocycles. The van der Waals surface area contributed by atoms with E-state index in [9.17, 15) is 9.59 Å². The minimum absolute atomic E-state index is 0.0283. The molecule has 0 N–H and O–H groups in total. The lowest BCUT2D eigenvalue weighted by atomic mass is 10.0. The fraction of sp³-hybridized carbons (Fsp3) is 0.955. The summed E-state index contributed by atoms with van der Waals surface area (Å²) in [7, 11) is 0. The third-order valence-corrected chi connectivity index (χ3v) is 9.58. The lowest BCUT2D eigenvalue weighted by Crippen LogP contribution is -2.03. The van der Waals surface area contributed by atoms with Crippen LogP contribution in [0.4, 0.5) is 0 Å². The van der Waals surface area contributed by atoms with Gasteiger partial charge in [0.15, 0.2) is 0 Å². The van der Waals surface area contributed by atoms with Crippen LogP contribution in [0.15, 0.2) is 0 Å². The minimum Gasteiger partial charge on any atom is -0.466 e. The second kappa shape index (κ2) is 45.9. The molecule has 0 saturated carbocycles. The van der Waals surface area contributed by atoms with Crippen LogP contribution in [0.2, 0.25) is 0 Å². The molecule has 0 atom stereocenters. The summed E-state index contributed by atoms with van der Waals surface area (Å²) < 4.78 is 9.86. The van der Waals surface area contributed by atoms with E-state index in [1.54, 1.807) is 0 Å². The molecule has 0 heterocycles. The number of ether oxygens (including phenoxy) is 2. The summed E-state index contributed by atoms with van der Waals surface area (Å²) in [5, 5.41) is 0. The molecule has 4 nitrogen and oxygen atoms in total. The Morgan fingerprint density at radius 2 is 0.438 bits per heavy atom. The number of unbranched alkanes of at least 4 members (excludes halogenated alkanes) is 32. The number of esters is 2. The lowest BCUT2D eigenvalue weighted by molar-refractivity contribution is -0.144. The van der Waals surface area contributed by atoms with Crippen LogP contribution in [0.1, 0.15) is 259 Å². The monoisotopic (exact) mass is 681 g/mol. The van der Waals surface area contributed by atoms with Crippen LogP contribution in [-0.2, 0) is 19.1 Å². The molecule has 0 aliphatic heterocycles. The van der Waals surface area contributed by atoms with Crippen molar-refractivity contribution in [2.45, 2.75) is 259 Å². The van der Waals surface area contributed by atoms with Crippen LogP contribution >= 0.6 is 0 Å². The normalized spacial score (nSPS) is 10.9. The smallest absolute Gasteiger partial charge is 0.305 e. The van der Waals surface area contributed by atoms with E-state index < -0.39 is 0 Å². The van der Waals surface area contributed by atoms with Gasteiger partial charge >= 0.3 is 11.9 Å². The highest BCUT2D eigenvalue weighted by Gasteiger charge is 2.02. The predicted molar refractivity (Wildman–Crippen MR) is 211 cm³/mol. The first-order valence-electron chi connectivity index (χ1n) is 21.9. The van der Waals surface area contributed by atoms with Crippen molar-refractivity contribution in [2.75, 3.05) is 13.2 Å². The van der Waals surface area contributed by atoms with Crippen molar-refractivity contribution in [2.24, 2.45) is 0 Å². The average Bonchev–Trinajstić information content (AvgIpc) is 3.08. The predicted octanol–water partition coefficient (Wildman–Crippen LogP) is 15.2. The van der Waals surface area contributed by atoms with E-state index in [-0.39, 0.29) is 11.9 Å². The molecule has 0 aromatic carbocycles. The maximum absolute atomic E-state index is 11.2. The van der Waals surface area contributed by atoms with E-state index in [4.69, 9.17) is 9.47 Å². The first-order valence-corrected chi connectivity index (χ1v) is 21.9. The average molecular weight is 681 g/mol. The van der Waals surface area contributed by atoms with E-state index in [1.165, 1.54) is 205 Å². The van der Waals surface area contributed by atoms with Gasteiger partial charge in [-0.2, -0.15) is 0 Å². The van der Waals surface area contributed by atoms with Crippen molar-refractivity contribution in [3.05, 3.63) is 0 Å². The summed E-state index contributed by atoms with van der Waals surface area (Å²) >= 11 is 0. The Hall–Kier alpha value is -1.06. The lowest BCUT2D eigenvalue weighted by Gasteiger charge is -2.04. The molecule has 0 aliphatic rings. The van der Waals surface area contributed by atoms with Gasteiger partial charge in [-0.25, -0.2) is 0 Å². The topological polar surface area (TPSA) is 52.6 Å². The van der Waals surface area contributed by atoms with Crippen LogP contribution in [0.3, 0.4) is 0 Å². The van der Waals surface area contributed by atoms with Crippen molar-refractivity contribution in [1.29, 1.82) is 0 Å². The first kappa shape index (κ1) is 49.1. The summed E-state index contributed by atoms with van der Waals surface area (Å²) in [4.78, 5) is 22.4. The van der Waals surface area contributed by atoms with Gasteiger partial charge in [0.25, 0.3) is 0 Å². The van der Waals surface area contributed by atoms with Gasteiger partial charge in [0.05, 0.1) is 13.2 Å². The van der Waals surface area contributed by atoms with Gasteiger partial charge in [0.2, 0.25) is 0 Å². The highest BCUT2D eigenvalue weighted by atomic mass is 16.5. The molecule has 288 valence electrons. The van der Waals surface area contributed by atoms with Gasteiger partial charge < -0.3 is 9.47 Å². The van der Waals surface area contributed by atoms with Crippen molar-refractivity contribution < 1.29 is 19.1 Å². The molecule has 0 radical (unpaired) electrons. The number of carbonyl (C=O) groups is 2. The van der Waals surface area contributed by atoms with Crippen LogP contribution < -0.4 is 0 Å². The fourth-order valence-electron chi connectivity index (χ4n) is 6.45. The minimum atomic E-state index is -0.0304. The third-order valence-electron chi connectivity index (χ3n) is 9.58. The quantitative estimate of drug-likeness (QED) is 0.0481. The van der Waals surface area contributed by atoms with Crippen LogP contribution in [-0.4, -0.2) is 25.2 Å². The van der Waals surface area contributed by atoms with Crippen LogP contribution in [0.5, 0.6) is 0 Å². The molecule has 0 aromatic rings. The van der Waals surface area contributed by atoms with E-state index >= 15 is 0 Å². The fourth-order valence-corrected chi connectivity index (χ4v) is 6.45. The number of carbonyl (C=O) groups excluding carboxylic acids is 2. The number of hydrogen-bond acceptors (Lipinski definition) is 4. The Balaban J connectivity index is 0. The summed E-state index contributed by atoms with van der Waals surface area (Å²) in [6, 6.07) is 0. The zero-order valence-electron chi connectivity index (χ0n) is 33.5. The van der Waals surface area contributed by atoms with Crippen molar-refractivity contribution in [1.82, 2.24) is 0 Å². The maximum Gasteiger partial charge on any atom is 0.305 e. The molecule has 4 heteroatoms. The SMILES string of the molecule is CCCCCCCCCCCCCCCCCC(=O)OCC.CCCCCCCCCCCCCCCCCCCCCC(=O)OCC. The molecule has 0 rings (SSSR count). The van der Waals surface area contributed by atoms with Crippen molar-refractivity contribution >= 4 is 11.9 Å². The molecule has 0 fully saturated rings. The van der Waals surface area contributed by atoms with Crippen LogP contribution in [0.25, 0.3) is 0 Å². The Bertz CT molecular complexity index is 605. The molecule has 0 amide bonds. The number of hydrogen-bond donors (Lipinski definition) is 0. The summed E-state index contributed by atoms with van der Waals surface area (Å²) in [5.41, 5.74) is 0. The zero-order chi connectivity index (χ0) is 35.4. The van der Waals surface area contributed by atoms with E-state index in [0.717, 1.165) is 12.8 Å². The standard InChI is InChI=1S/C24H48O2.C20H40O2/c1-3-5-6-7-8-9-10-11-12-13-14-15-16-17-18-19-20-21-22-23-24(25)26-4-2;1-3-5-6-7-8-9-10-11-12-13-14-15-16-17-18-19-20(21)22-4-2/h3-23H2,1-2H3;3-19H2,1-2H3. The Kier molecular flexibility index (Phi) is 46.9. The summed E-state index contributed by atoms with van der Waals surface area (Å²) in [6.07, 6.45) is 47.8. The number of rotatable bonds is 38. The van der Waals surface area contributed by atoms with Gasteiger partial charge in [-0.3, -0.25) is 9.59 Å². The van der Waals surface area contributed by atoms with Gasteiger partial charge in [0, 0.05) is 12.8 Å². The molecule has 0 saturated heterocycles. The largest absolute Gasteiger partial charge is 0.466 e. The summed E-state index contributed by atoms with van der Waals surface area (Å²) in [5.74, 6) is -0.0586. The van der Waals surface area contributed by atoms with E-state index in [2.05, 4.69) is 13.8 Å². The molecule has 0 unspecified atom stereocenters. The van der Waals surface area contributed by atoms with Crippen molar-refractivity contribution in [3.8, 4) is 0 Å². The van der Waals surface area contributed by atoms with Gasteiger partial charge in [0.1, 0.15) is 0 Å². The molecule has 0 bridgehead atoms.